The van der Waals surface area contributed by atoms with Crippen LogP contribution in [-0.4, -0.2) is 23.3 Å². The van der Waals surface area contributed by atoms with Gasteiger partial charge in [0.15, 0.2) is 0 Å². The molecule has 0 bridgehead atoms. The van der Waals surface area contributed by atoms with E-state index in [4.69, 9.17) is 16.6 Å². The molecule has 0 saturated heterocycles. The van der Waals surface area contributed by atoms with E-state index in [0.29, 0.717) is 0 Å². The summed E-state index contributed by atoms with van der Waals surface area (Å²) in [5, 5.41) is 7.57. The van der Waals surface area contributed by atoms with Gasteiger partial charge in [0, 0.05) is 18.2 Å². The van der Waals surface area contributed by atoms with Crippen LogP contribution in [0, 0.1) is 0 Å². The average molecular weight is 148 g/mol. The van der Waals surface area contributed by atoms with Crippen LogP contribution < -0.4 is 11.5 Å². The van der Waals surface area contributed by atoms with Gasteiger partial charge in [-0.05, 0) is 27.7 Å². The Hall–Kier alpha value is -0.120. The lowest BCUT2D eigenvalue weighted by Gasteiger charge is -2.22. The van der Waals surface area contributed by atoms with Crippen LogP contribution in [0.4, 0.5) is 0 Å². The Bertz CT molecular complexity index is 66.5. The maximum atomic E-state index is 7.57. The Morgan fingerprint density at radius 1 is 1.50 bits per heavy atom. The molecule has 64 valence electrons. The molecule has 0 amide bonds. The van der Waals surface area contributed by atoms with Gasteiger partial charge in [-0.2, -0.15) is 0 Å². The maximum Gasteiger partial charge on any atom is 0.0402 e. The van der Waals surface area contributed by atoms with Gasteiger partial charge in [-0.25, -0.2) is 0 Å². The van der Waals surface area contributed by atoms with E-state index in [1.807, 2.05) is 20.8 Å². The Balaban J connectivity index is 0. The highest BCUT2D eigenvalue weighted by Crippen LogP contribution is 1.98. The summed E-state index contributed by atoms with van der Waals surface area (Å²) < 4.78 is 0. The summed E-state index contributed by atoms with van der Waals surface area (Å²) in [4.78, 5) is 0. The Morgan fingerprint density at radius 3 is 1.60 bits per heavy atom. The first-order chi connectivity index (χ1) is 4.36. The summed E-state index contributed by atoms with van der Waals surface area (Å²) in [6, 6.07) is 0.0764. The van der Waals surface area contributed by atoms with Gasteiger partial charge in [-0.3, -0.25) is 0 Å². The molecule has 3 heteroatoms. The van der Waals surface area contributed by atoms with E-state index < -0.39 is 0 Å². The first-order valence-electron chi connectivity index (χ1n) is 3.51. The number of aliphatic hydroxyl groups excluding tert-OH is 1. The van der Waals surface area contributed by atoms with E-state index in [-0.39, 0.29) is 18.2 Å². The molecule has 1 unspecified atom stereocenters. The monoisotopic (exact) mass is 148 g/mol. The minimum Gasteiger partial charge on any atom is -0.397 e. The van der Waals surface area contributed by atoms with Crippen LogP contribution in [0.25, 0.3) is 0 Å². The molecule has 0 aromatic carbocycles. The van der Waals surface area contributed by atoms with Gasteiger partial charge in [0.1, 0.15) is 0 Å². The lowest BCUT2D eigenvalue weighted by atomic mass is 9.99. The Labute approximate surface area is 63.4 Å². The molecule has 0 saturated carbocycles. The molecule has 0 rings (SSSR count). The number of rotatable bonds is 1. The van der Waals surface area contributed by atoms with Crippen molar-refractivity contribution in [2.75, 3.05) is 6.61 Å². The summed E-state index contributed by atoms with van der Waals surface area (Å²) in [6.45, 7) is 7.66. The van der Waals surface area contributed by atoms with Crippen molar-refractivity contribution in [3.8, 4) is 0 Å². The van der Waals surface area contributed by atoms with Crippen LogP contribution in [-0.2, 0) is 0 Å². The molecule has 0 aliphatic heterocycles. The van der Waals surface area contributed by atoms with Crippen molar-refractivity contribution >= 4 is 0 Å². The van der Waals surface area contributed by atoms with Gasteiger partial charge in [-0.15, -0.1) is 0 Å². The van der Waals surface area contributed by atoms with Crippen LogP contribution in [0.2, 0.25) is 0 Å². The largest absolute Gasteiger partial charge is 0.397 e. The van der Waals surface area contributed by atoms with Gasteiger partial charge < -0.3 is 16.6 Å². The highest BCUT2D eigenvalue weighted by Gasteiger charge is 2.14. The predicted molar refractivity (Wildman–Crippen MR) is 44.7 cm³/mol. The highest BCUT2D eigenvalue weighted by atomic mass is 16.2. The SMILES string of the molecule is CC(N)C(C)(C)N.CCO. The number of aliphatic hydroxyl groups is 1. The minimum absolute atomic E-state index is 0.0764. The van der Waals surface area contributed by atoms with E-state index >= 15 is 0 Å². The first-order valence-corrected chi connectivity index (χ1v) is 3.51. The fourth-order valence-electron chi connectivity index (χ4n) is 0. The molecule has 10 heavy (non-hydrogen) atoms. The molecular formula is C7H20N2O. The maximum absolute atomic E-state index is 7.57. The smallest absolute Gasteiger partial charge is 0.0402 e. The van der Waals surface area contributed by atoms with E-state index in [2.05, 4.69) is 0 Å². The molecular weight excluding hydrogens is 128 g/mol. The fourth-order valence-corrected chi connectivity index (χ4v) is 0. The number of nitrogens with two attached hydrogens (primary N) is 2. The van der Waals surface area contributed by atoms with Crippen molar-refractivity contribution in [3.05, 3.63) is 0 Å². The third kappa shape index (κ3) is 10.8. The van der Waals surface area contributed by atoms with Gasteiger partial charge in [0.25, 0.3) is 0 Å². The number of hydrogen-bond acceptors (Lipinski definition) is 3. The molecule has 0 aliphatic carbocycles. The van der Waals surface area contributed by atoms with Crippen LogP contribution in [0.15, 0.2) is 0 Å². The van der Waals surface area contributed by atoms with Crippen molar-refractivity contribution in [1.82, 2.24) is 0 Å². The Morgan fingerprint density at radius 2 is 1.60 bits per heavy atom. The van der Waals surface area contributed by atoms with Gasteiger partial charge in [0.05, 0.1) is 0 Å². The van der Waals surface area contributed by atoms with Crippen LogP contribution >= 0.6 is 0 Å². The van der Waals surface area contributed by atoms with Crippen molar-refractivity contribution in [3.63, 3.8) is 0 Å². The summed E-state index contributed by atoms with van der Waals surface area (Å²) in [5.41, 5.74) is 10.8. The second-order valence-electron chi connectivity index (χ2n) is 2.93. The lowest BCUT2D eigenvalue weighted by molar-refractivity contribution is 0.318. The number of hydrogen-bond donors (Lipinski definition) is 3. The highest BCUT2D eigenvalue weighted by molar-refractivity contribution is 4.80. The van der Waals surface area contributed by atoms with E-state index in [1.54, 1.807) is 6.92 Å². The summed E-state index contributed by atoms with van der Waals surface area (Å²) in [6.07, 6.45) is 0. The van der Waals surface area contributed by atoms with Crippen LogP contribution in [0.1, 0.15) is 27.7 Å². The topological polar surface area (TPSA) is 72.3 Å². The molecule has 0 aliphatic rings. The molecule has 0 aromatic rings. The molecule has 0 aromatic heterocycles. The second-order valence-corrected chi connectivity index (χ2v) is 2.93. The fraction of sp³-hybridized carbons (Fsp3) is 1.00. The average Bonchev–Trinajstić information content (AvgIpc) is 1.64. The zero-order valence-electron chi connectivity index (χ0n) is 7.39. The van der Waals surface area contributed by atoms with Gasteiger partial charge >= 0.3 is 0 Å². The quantitative estimate of drug-likeness (QED) is 0.492. The first kappa shape index (κ1) is 12.5. The third-order valence-corrected chi connectivity index (χ3v) is 1.17. The standard InChI is InChI=1S/C5H14N2.C2H6O/c1-4(6)5(2,3)7;1-2-3/h4H,6-7H2,1-3H3;3H,2H2,1H3. The van der Waals surface area contributed by atoms with Crippen molar-refractivity contribution in [1.29, 1.82) is 0 Å². The molecule has 0 heterocycles. The molecule has 0 radical (unpaired) electrons. The molecule has 5 N–H and O–H groups in total. The normalized spacial score (nSPS) is 13.5. The molecule has 0 spiro atoms. The van der Waals surface area contributed by atoms with Crippen molar-refractivity contribution < 1.29 is 5.11 Å². The Kier molecular flexibility index (Phi) is 7.09. The van der Waals surface area contributed by atoms with Gasteiger partial charge in [0.2, 0.25) is 0 Å². The van der Waals surface area contributed by atoms with Crippen molar-refractivity contribution in [2.45, 2.75) is 39.3 Å². The molecule has 0 fully saturated rings. The van der Waals surface area contributed by atoms with E-state index in [1.165, 1.54) is 0 Å². The minimum atomic E-state index is -0.222. The zero-order chi connectivity index (χ0) is 8.78. The van der Waals surface area contributed by atoms with Crippen LogP contribution in [0.5, 0.6) is 0 Å². The predicted octanol–water partition coefficient (Wildman–Crippen LogP) is 0.0695. The van der Waals surface area contributed by atoms with Crippen molar-refractivity contribution in [2.24, 2.45) is 11.5 Å². The third-order valence-electron chi connectivity index (χ3n) is 1.17. The summed E-state index contributed by atoms with van der Waals surface area (Å²) in [5.74, 6) is 0. The second kappa shape index (κ2) is 5.65. The zero-order valence-corrected chi connectivity index (χ0v) is 7.39. The molecule has 1 atom stereocenters. The summed E-state index contributed by atoms with van der Waals surface area (Å²) in [7, 11) is 0. The van der Waals surface area contributed by atoms with Crippen LogP contribution in [0.3, 0.4) is 0 Å². The lowest BCUT2D eigenvalue weighted by Crippen LogP contribution is -2.48. The summed E-state index contributed by atoms with van der Waals surface area (Å²) >= 11 is 0. The van der Waals surface area contributed by atoms with E-state index in [9.17, 15) is 0 Å². The van der Waals surface area contributed by atoms with E-state index in [0.717, 1.165) is 0 Å². The van der Waals surface area contributed by atoms with Gasteiger partial charge in [-0.1, -0.05) is 0 Å². The molecule has 3 nitrogen and oxygen atoms in total.